The smallest absolute Gasteiger partial charge is 0.237 e. The summed E-state index contributed by atoms with van der Waals surface area (Å²) in [5.41, 5.74) is 2.19. The van der Waals surface area contributed by atoms with Crippen LogP contribution in [-0.2, 0) is 27.4 Å². The molecule has 1 aliphatic heterocycles. The maximum absolute atomic E-state index is 12.0. The van der Waals surface area contributed by atoms with Crippen molar-refractivity contribution in [3.63, 3.8) is 0 Å². The van der Waals surface area contributed by atoms with Gasteiger partial charge in [0.25, 0.3) is 0 Å². The normalized spacial score (nSPS) is 21.9. The number of nitrogens with one attached hydrogen (secondary N) is 2. The molecule has 1 heterocycles. The zero-order valence-corrected chi connectivity index (χ0v) is 12.0. The van der Waals surface area contributed by atoms with E-state index < -0.39 is 0 Å². The molecule has 5 heteroatoms. The number of ether oxygens (including phenoxy) is 2. The lowest BCUT2D eigenvalue weighted by Crippen LogP contribution is -2.40. The SMILES string of the molecule is COCc1cccc(CNC(=O)C2CC(OC)CN2)c1. The Hall–Kier alpha value is -1.43. The summed E-state index contributed by atoms with van der Waals surface area (Å²) in [7, 11) is 3.35. The van der Waals surface area contributed by atoms with Crippen molar-refractivity contribution >= 4 is 5.91 Å². The van der Waals surface area contributed by atoms with E-state index in [1.807, 2.05) is 24.3 Å². The molecule has 5 nitrogen and oxygen atoms in total. The minimum absolute atomic E-state index is 0.0293. The summed E-state index contributed by atoms with van der Waals surface area (Å²) in [5.74, 6) is 0.0293. The highest BCUT2D eigenvalue weighted by Crippen LogP contribution is 2.10. The Kier molecular flexibility index (Phi) is 5.52. The average molecular weight is 278 g/mol. The Morgan fingerprint density at radius 2 is 2.20 bits per heavy atom. The van der Waals surface area contributed by atoms with Gasteiger partial charge in [-0.15, -0.1) is 0 Å². The molecule has 1 saturated heterocycles. The quantitative estimate of drug-likeness (QED) is 0.809. The molecule has 1 aliphatic rings. The number of carbonyl (C=O) groups excluding carboxylic acids is 1. The van der Waals surface area contributed by atoms with Gasteiger partial charge in [0.1, 0.15) is 0 Å². The fraction of sp³-hybridized carbons (Fsp3) is 0.533. The molecule has 0 aromatic heterocycles. The van der Waals surface area contributed by atoms with Crippen molar-refractivity contribution < 1.29 is 14.3 Å². The summed E-state index contributed by atoms with van der Waals surface area (Å²) in [4.78, 5) is 12.0. The fourth-order valence-electron chi connectivity index (χ4n) is 2.39. The van der Waals surface area contributed by atoms with Crippen molar-refractivity contribution in [3.05, 3.63) is 35.4 Å². The van der Waals surface area contributed by atoms with Gasteiger partial charge in [-0.2, -0.15) is 0 Å². The summed E-state index contributed by atoms with van der Waals surface area (Å²) in [6.07, 6.45) is 0.863. The van der Waals surface area contributed by atoms with E-state index in [1.165, 1.54) is 0 Å². The summed E-state index contributed by atoms with van der Waals surface area (Å²) in [5, 5.41) is 6.13. The fourth-order valence-corrected chi connectivity index (χ4v) is 2.39. The number of hydrogen-bond donors (Lipinski definition) is 2. The van der Waals surface area contributed by atoms with Gasteiger partial charge in [0.2, 0.25) is 5.91 Å². The van der Waals surface area contributed by atoms with Crippen LogP contribution in [0.2, 0.25) is 0 Å². The number of methoxy groups -OCH3 is 2. The minimum Gasteiger partial charge on any atom is -0.380 e. The molecule has 2 atom stereocenters. The summed E-state index contributed by atoms with van der Waals surface area (Å²) < 4.78 is 10.3. The van der Waals surface area contributed by atoms with Crippen LogP contribution in [0.4, 0.5) is 0 Å². The standard InChI is InChI=1S/C15H22N2O3/c1-19-10-12-5-3-4-11(6-12)8-17-15(18)14-7-13(20-2)9-16-14/h3-6,13-14,16H,7-10H2,1-2H3,(H,17,18). The largest absolute Gasteiger partial charge is 0.380 e. The van der Waals surface area contributed by atoms with Gasteiger partial charge in [-0.3, -0.25) is 4.79 Å². The second kappa shape index (κ2) is 7.38. The third-order valence-electron chi connectivity index (χ3n) is 3.51. The highest BCUT2D eigenvalue weighted by Gasteiger charge is 2.28. The van der Waals surface area contributed by atoms with Gasteiger partial charge >= 0.3 is 0 Å². The van der Waals surface area contributed by atoms with Crippen LogP contribution in [0.25, 0.3) is 0 Å². The maximum Gasteiger partial charge on any atom is 0.237 e. The molecule has 1 fully saturated rings. The molecule has 0 saturated carbocycles. The first-order chi connectivity index (χ1) is 9.72. The van der Waals surface area contributed by atoms with Gasteiger partial charge in [-0.05, 0) is 17.5 Å². The van der Waals surface area contributed by atoms with E-state index in [0.717, 1.165) is 24.1 Å². The lowest BCUT2D eigenvalue weighted by atomic mass is 10.1. The van der Waals surface area contributed by atoms with Crippen LogP contribution in [-0.4, -0.2) is 38.8 Å². The molecule has 1 amide bonds. The van der Waals surface area contributed by atoms with Crippen LogP contribution in [0.1, 0.15) is 17.5 Å². The van der Waals surface area contributed by atoms with Crippen molar-refractivity contribution in [2.24, 2.45) is 0 Å². The predicted octanol–water partition coefficient (Wildman–Crippen LogP) is 0.826. The van der Waals surface area contributed by atoms with Gasteiger partial charge in [-0.25, -0.2) is 0 Å². The van der Waals surface area contributed by atoms with Crippen molar-refractivity contribution in [1.82, 2.24) is 10.6 Å². The highest BCUT2D eigenvalue weighted by atomic mass is 16.5. The van der Waals surface area contributed by atoms with Crippen LogP contribution >= 0.6 is 0 Å². The first kappa shape index (κ1) is 15.0. The lowest BCUT2D eigenvalue weighted by molar-refractivity contribution is -0.123. The molecule has 2 rings (SSSR count). The molecule has 1 aromatic carbocycles. The van der Waals surface area contributed by atoms with Gasteiger partial charge in [0, 0.05) is 27.3 Å². The summed E-state index contributed by atoms with van der Waals surface area (Å²) in [6, 6.07) is 7.88. The predicted molar refractivity (Wildman–Crippen MR) is 76.2 cm³/mol. The third-order valence-corrected chi connectivity index (χ3v) is 3.51. The molecule has 2 N–H and O–H groups in total. The zero-order valence-electron chi connectivity index (χ0n) is 12.0. The van der Waals surface area contributed by atoms with Gasteiger partial charge < -0.3 is 20.1 Å². The first-order valence-electron chi connectivity index (χ1n) is 6.83. The van der Waals surface area contributed by atoms with Crippen LogP contribution in [0.15, 0.2) is 24.3 Å². The van der Waals surface area contributed by atoms with E-state index >= 15 is 0 Å². The molecule has 0 radical (unpaired) electrons. The van der Waals surface area contributed by atoms with Crippen molar-refractivity contribution in [3.8, 4) is 0 Å². The Labute approximate surface area is 119 Å². The van der Waals surface area contributed by atoms with E-state index in [4.69, 9.17) is 9.47 Å². The summed E-state index contributed by atoms with van der Waals surface area (Å²) >= 11 is 0. The number of carbonyl (C=O) groups is 1. The van der Waals surface area contributed by atoms with Crippen molar-refractivity contribution in [1.29, 1.82) is 0 Å². The van der Waals surface area contributed by atoms with E-state index in [9.17, 15) is 4.79 Å². The van der Waals surface area contributed by atoms with Crippen LogP contribution < -0.4 is 10.6 Å². The van der Waals surface area contributed by atoms with Crippen LogP contribution in [0.5, 0.6) is 0 Å². The Bertz CT molecular complexity index is 450. The molecule has 0 aliphatic carbocycles. The van der Waals surface area contributed by atoms with E-state index in [0.29, 0.717) is 13.2 Å². The number of hydrogen-bond acceptors (Lipinski definition) is 4. The molecule has 20 heavy (non-hydrogen) atoms. The topological polar surface area (TPSA) is 59.6 Å². The Morgan fingerprint density at radius 1 is 1.40 bits per heavy atom. The highest BCUT2D eigenvalue weighted by molar-refractivity contribution is 5.82. The lowest BCUT2D eigenvalue weighted by Gasteiger charge is -2.12. The van der Waals surface area contributed by atoms with E-state index in [1.54, 1.807) is 14.2 Å². The summed E-state index contributed by atoms with van der Waals surface area (Å²) in [6.45, 7) is 1.85. The third kappa shape index (κ3) is 4.03. The van der Waals surface area contributed by atoms with Crippen LogP contribution in [0, 0.1) is 0 Å². The Balaban J connectivity index is 1.82. The molecular formula is C15H22N2O3. The molecule has 0 spiro atoms. The molecule has 0 bridgehead atoms. The monoisotopic (exact) mass is 278 g/mol. The van der Waals surface area contributed by atoms with Crippen molar-refractivity contribution in [2.45, 2.75) is 31.7 Å². The van der Waals surface area contributed by atoms with Crippen molar-refractivity contribution in [2.75, 3.05) is 20.8 Å². The van der Waals surface area contributed by atoms with Crippen LogP contribution in [0.3, 0.4) is 0 Å². The maximum atomic E-state index is 12.0. The molecule has 110 valence electrons. The molecule has 1 aromatic rings. The average Bonchev–Trinajstić information content (AvgIpc) is 2.94. The van der Waals surface area contributed by atoms with Gasteiger partial charge in [0.05, 0.1) is 18.8 Å². The van der Waals surface area contributed by atoms with E-state index in [2.05, 4.69) is 10.6 Å². The zero-order chi connectivity index (χ0) is 14.4. The second-order valence-corrected chi connectivity index (χ2v) is 5.03. The minimum atomic E-state index is -0.151. The number of rotatable bonds is 6. The van der Waals surface area contributed by atoms with E-state index in [-0.39, 0.29) is 18.1 Å². The molecular weight excluding hydrogens is 256 g/mol. The molecule has 2 unspecified atom stereocenters. The first-order valence-corrected chi connectivity index (χ1v) is 6.83. The number of benzene rings is 1. The number of amides is 1. The second-order valence-electron chi connectivity index (χ2n) is 5.03. The van der Waals surface area contributed by atoms with Gasteiger partial charge in [0.15, 0.2) is 0 Å². The Morgan fingerprint density at radius 3 is 2.90 bits per heavy atom. The van der Waals surface area contributed by atoms with Gasteiger partial charge in [-0.1, -0.05) is 24.3 Å².